The van der Waals surface area contributed by atoms with Crippen LogP contribution in [0.3, 0.4) is 0 Å². The second-order valence-corrected chi connectivity index (χ2v) is 22.3. The fourth-order valence-corrected chi connectivity index (χ4v) is 12.6. The van der Waals surface area contributed by atoms with Crippen LogP contribution in [0, 0.1) is 49.5 Å². The molecule has 0 unspecified atom stereocenters. The Hall–Kier alpha value is 2.62. The van der Waals surface area contributed by atoms with E-state index in [0.717, 1.165) is 6.42 Å². The van der Waals surface area contributed by atoms with Crippen molar-refractivity contribution in [3.8, 4) is 44.5 Å². The Balaban J connectivity index is 1.31. The summed E-state index contributed by atoms with van der Waals surface area (Å²) in [6.45, 7) is 4.55. The summed E-state index contributed by atoms with van der Waals surface area (Å²) < 4.78 is 13.1. The summed E-state index contributed by atoms with van der Waals surface area (Å²) in [4.78, 5) is 0. The van der Waals surface area contributed by atoms with Gasteiger partial charge in [-0.25, -0.2) is 0 Å². The highest BCUT2D eigenvalue weighted by molar-refractivity contribution is 14.1. The van der Waals surface area contributed by atoms with Gasteiger partial charge >= 0.3 is 0 Å². The van der Waals surface area contributed by atoms with E-state index < -0.39 is 0 Å². The molecule has 0 nitrogen and oxygen atoms in total. The Bertz CT molecular complexity index is 2130. The Morgan fingerprint density at radius 1 is 0.306 bits per heavy atom. The Labute approximate surface area is 424 Å². The number of halogens is 10. The largest absolute Gasteiger partial charge is 0.0605 e. The molecule has 0 saturated heterocycles. The van der Waals surface area contributed by atoms with Crippen LogP contribution in [0.5, 0.6) is 0 Å². The van der Waals surface area contributed by atoms with Crippen molar-refractivity contribution in [3.63, 3.8) is 0 Å². The van der Waals surface area contributed by atoms with E-state index in [1.165, 1.54) is 102 Å². The predicted molar refractivity (Wildman–Crippen MR) is 294 cm³/mol. The molecule has 0 aliphatic carbocycles. The van der Waals surface area contributed by atoms with Gasteiger partial charge in [0.2, 0.25) is 0 Å². The van der Waals surface area contributed by atoms with Gasteiger partial charge in [0.1, 0.15) is 0 Å². The molecule has 6 rings (SSSR count). The van der Waals surface area contributed by atoms with Gasteiger partial charge in [0.05, 0.1) is 0 Å². The van der Waals surface area contributed by atoms with Gasteiger partial charge in [0, 0.05) is 35.7 Å². The van der Waals surface area contributed by atoms with Gasteiger partial charge in [-0.05, 0) is 325 Å². The lowest BCUT2D eigenvalue weighted by Crippen LogP contribution is -2.02. The van der Waals surface area contributed by atoms with Crippen molar-refractivity contribution in [3.05, 3.63) is 143 Å². The van der Waals surface area contributed by atoms with E-state index in [4.69, 9.17) is 0 Å². The minimum Gasteiger partial charge on any atom is -0.0605 e. The zero-order valence-corrected chi connectivity index (χ0v) is 47.1. The third kappa shape index (κ3) is 8.50. The minimum atomic E-state index is 0.910. The van der Waals surface area contributed by atoms with E-state index in [-0.39, 0.29) is 0 Å². The van der Waals surface area contributed by atoms with E-state index in [2.05, 4.69) is 325 Å². The molecule has 6 aromatic carbocycles. The molecule has 0 amide bonds. The van der Waals surface area contributed by atoms with Gasteiger partial charge < -0.3 is 0 Å². The van der Waals surface area contributed by atoms with E-state index in [9.17, 15) is 0 Å². The Morgan fingerprint density at radius 3 is 1.14 bits per heavy atom. The molecule has 0 heterocycles. The van der Waals surface area contributed by atoms with Crippen molar-refractivity contribution < 1.29 is 0 Å². The van der Waals surface area contributed by atoms with E-state index in [1.807, 2.05) is 0 Å². The molecule has 0 atom stereocenters. The van der Waals surface area contributed by atoms with E-state index >= 15 is 0 Å². The molecular formula is C39H22I10. The normalized spacial score (nSPS) is 11.3. The van der Waals surface area contributed by atoms with Crippen molar-refractivity contribution in [1.29, 1.82) is 0 Å². The van der Waals surface area contributed by atoms with Crippen LogP contribution in [0.15, 0.2) is 84.9 Å². The summed E-state index contributed by atoms with van der Waals surface area (Å²) >= 11 is 25.2. The molecular weight excluding hydrogens is 1740 g/mol. The summed E-state index contributed by atoms with van der Waals surface area (Å²) in [7, 11) is 0. The van der Waals surface area contributed by atoms with Crippen molar-refractivity contribution in [1.82, 2.24) is 0 Å². The monoisotopic (exact) mass is 1760 g/mol. The summed E-state index contributed by atoms with van der Waals surface area (Å²) in [6.07, 6.45) is 0.910. The molecule has 0 N–H and O–H groups in total. The number of hydrogen-bond donors (Lipinski definition) is 0. The lowest BCUT2D eigenvalue weighted by molar-refractivity contribution is 1.14. The predicted octanol–water partition coefficient (Wildman–Crippen LogP) is 16.6. The van der Waals surface area contributed by atoms with E-state index in [1.54, 1.807) is 0 Å². The van der Waals surface area contributed by atoms with Crippen LogP contribution < -0.4 is 0 Å². The SMILES string of the molecule is Cc1c(-c2ccc(-c3cccc(I)c3I)c(I)c2I)ccc(Cc2ccc(-c3ccc(-c4cccc(I)c4I)c(I)c3C)c(I)c2I)c1I. The van der Waals surface area contributed by atoms with Crippen LogP contribution in [0.25, 0.3) is 44.5 Å². The van der Waals surface area contributed by atoms with Crippen LogP contribution in [0.2, 0.25) is 0 Å². The van der Waals surface area contributed by atoms with Crippen molar-refractivity contribution >= 4 is 226 Å². The van der Waals surface area contributed by atoms with Gasteiger partial charge in [0.15, 0.2) is 0 Å². The molecule has 49 heavy (non-hydrogen) atoms. The molecule has 0 aliphatic heterocycles. The highest BCUT2D eigenvalue weighted by Gasteiger charge is 2.20. The van der Waals surface area contributed by atoms with Gasteiger partial charge in [0.25, 0.3) is 0 Å². The van der Waals surface area contributed by atoms with Crippen LogP contribution in [-0.4, -0.2) is 0 Å². The molecule has 248 valence electrons. The van der Waals surface area contributed by atoms with Crippen molar-refractivity contribution in [2.24, 2.45) is 0 Å². The van der Waals surface area contributed by atoms with Gasteiger partial charge in [-0.15, -0.1) is 0 Å². The van der Waals surface area contributed by atoms with Crippen LogP contribution in [-0.2, 0) is 6.42 Å². The fourth-order valence-electron chi connectivity index (χ4n) is 5.88. The number of benzene rings is 6. The topological polar surface area (TPSA) is 0 Å². The Morgan fingerprint density at radius 2 is 0.633 bits per heavy atom. The maximum absolute atomic E-state index is 2.57. The summed E-state index contributed by atoms with van der Waals surface area (Å²) in [5, 5.41) is 0. The second-order valence-electron chi connectivity index (χ2n) is 11.4. The smallest absolute Gasteiger partial charge is 0.0349 e. The highest BCUT2D eigenvalue weighted by Crippen LogP contribution is 2.42. The molecule has 0 radical (unpaired) electrons. The molecule has 0 aliphatic rings. The van der Waals surface area contributed by atoms with Crippen LogP contribution >= 0.6 is 226 Å². The lowest BCUT2D eigenvalue weighted by atomic mass is 9.93. The highest BCUT2D eigenvalue weighted by atomic mass is 127. The number of hydrogen-bond acceptors (Lipinski definition) is 0. The minimum absolute atomic E-state index is 0.910. The average Bonchev–Trinajstić information content (AvgIpc) is 3.08. The second kappa shape index (κ2) is 17.8. The van der Waals surface area contributed by atoms with Crippen LogP contribution in [0.4, 0.5) is 0 Å². The third-order valence-corrected chi connectivity index (χ3v) is 24.3. The summed E-state index contributed by atoms with van der Waals surface area (Å²) in [5.74, 6) is 0. The molecule has 10 heteroatoms. The first-order chi connectivity index (χ1) is 23.3. The lowest BCUT2D eigenvalue weighted by Gasteiger charge is -2.19. The molecule has 6 aromatic rings. The standard InChI is InChI=1S/C39H22I10/c1-18-22(27-15-16-29(39(49)38(27)48)25-6-4-8-31(41)36(25)46)11-9-20(32(18)42)17-21-10-12-26(37(47)34(21)44)23-13-14-28(33(43)19(23)2)24-5-3-7-30(40)35(24)45/h3-16H,17H2,1-2H3. The zero-order chi connectivity index (χ0) is 35.3. The molecule has 0 saturated carbocycles. The average molecular weight is 1760 g/mol. The van der Waals surface area contributed by atoms with Gasteiger partial charge in [-0.2, -0.15) is 0 Å². The number of rotatable bonds is 6. The molecule has 0 bridgehead atoms. The summed E-state index contributed by atoms with van der Waals surface area (Å²) in [6, 6.07) is 31.7. The van der Waals surface area contributed by atoms with Crippen molar-refractivity contribution in [2.75, 3.05) is 0 Å². The third-order valence-electron chi connectivity index (χ3n) is 8.54. The fraction of sp³-hybridized carbons (Fsp3) is 0.0769. The quantitative estimate of drug-likeness (QED) is 0.146. The summed E-state index contributed by atoms with van der Waals surface area (Å²) in [5.41, 5.74) is 15.9. The molecule has 0 fully saturated rings. The first-order valence-corrected chi connectivity index (χ1v) is 25.5. The van der Waals surface area contributed by atoms with Crippen LogP contribution in [0.1, 0.15) is 22.3 Å². The van der Waals surface area contributed by atoms with Crippen molar-refractivity contribution in [2.45, 2.75) is 20.3 Å². The van der Waals surface area contributed by atoms with Gasteiger partial charge in [-0.3, -0.25) is 0 Å². The molecule has 0 spiro atoms. The maximum Gasteiger partial charge on any atom is 0.0349 e. The van der Waals surface area contributed by atoms with E-state index in [0.29, 0.717) is 0 Å². The maximum atomic E-state index is 2.57. The first-order valence-electron chi connectivity index (χ1n) is 14.7. The Kier molecular flexibility index (Phi) is 15.0. The molecule has 0 aromatic heterocycles. The van der Waals surface area contributed by atoms with Gasteiger partial charge in [-0.1, -0.05) is 72.8 Å². The zero-order valence-electron chi connectivity index (χ0n) is 25.6. The first kappa shape index (κ1) is 41.3.